The lowest BCUT2D eigenvalue weighted by Gasteiger charge is -2.27. The number of hydrogen-bond acceptors (Lipinski definition) is 4. The summed E-state index contributed by atoms with van der Waals surface area (Å²) in [7, 11) is 0. The predicted octanol–water partition coefficient (Wildman–Crippen LogP) is 3.94. The van der Waals surface area contributed by atoms with Crippen molar-refractivity contribution < 1.29 is 13.7 Å². The number of hydrogen-bond donors (Lipinski definition) is 1. The fourth-order valence-electron chi connectivity index (χ4n) is 2.61. The van der Waals surface area contributed by atoms with E-state index < -0.39 is 21.7 Å². The van der Waals surface area contributed by atoms with Gasteiger partial charge in [-0.1, -0.05) is 5.11 Å². The third-order valence-corrected chi connectivity index (χ3v) is 5.53. The van der Waals surface area contributed by atoms with E-state index in [1.165, 1.54) is 12.1 Å². The van der Waals surface area contributed by atoms with Crippen LogP contribution in [0.1, 0.15) is 51.8 Å². The molecule has 1 N–H and O–H groups in total. The first kappa shape index (κ1) is 18.9. The van der Waals surface area contributed by atoms with Crippen LogP contribution in [0.5, 0.6) is 5.75 Å². The minimum absolute atomic E-state index is 0.162. The van der Waals surface area contributed by atoms with Gasteiger partial charge in [-0.25, -0.2) is 4.39 Å². The summed E-state index contributed by atoms with van der Waals surface area (Å²) in [6.45, 7) is 9.42. The highest BCUT2D eigenvalue weighted by Crippen LogP contribution is 2.41. The predicted molar refractivity (Wildman–Crippen MR) is 92.6 cm³/mol. The Balaban J connectivity index is 2.30. The standard InChI is InChI=1S/C16H23FN4O2S/c1-10(20-24(22)15(2,3)4)13-7-12(17)6-11-8-16(5,9-19-21-18)23-14(11)13/h6-7,10,20H,8-9H2,1-5H3/t10-,16?,24?/m1/s1. The molecule has 0 radical (unpaired) electrons. The van der Waals surface area contributed by atoms with Gasteiger partial charge in [-0.2, -0.15) is 0 Å². The van der Waals surface area contributed by atoms with Crippen LogP contribution in [-0.4, -0.2) is 21.4 Å². The molecule has 0 spiro atoms. The number of nitrogens with zero attached hydrogens (tertiary/aromatic N) is 3. The summed E-state index contributed by atoms with van der Waals surface area (Å²) in [5.74, 6) is 0.216. The molecule has 0 saturated heterocycles. The molecule has 2 unspecified atom stereocenters. The summed E-state index contributed by atoms with van der Waals surface area (Å²) in [6.07, 6.45) is 0.460. The van der Waals surface area contributed by atoms with Gasteiger partial charge < -0.3 is 9.29 Å². The molecule has 0 bridgehead atoms. The Bertz CT molecular complexity index is 673. The van der Waals surface area contributed by atoms with Crippen molar-refractivity contribution in [2.75, 3.05) is 6.54 Å². The molecule has 0 amide bonds. The highest BCUT2D eigenvalue weighted by molar-refractivity contribution is 7.90. The van der Waals surface area contributed by atoms with Crippen molar-refractivity contribution in [3.05, 3.63) is 39.5 Å². The van der Waals surface area contributed by atoms with Crippen molar-refractivity contribution in [1.82, 2.24) is 4.72 Å². The summed E-state index contributed by atoms with van der Waals surface area (Å²) in [5.41, 5.74) is 9.17. The molecule has 1 heterocycles. The number of nitrogens with one attached hydrogen (secondary N) is 1. The lowest BCUT2D eigenvalue weighted by molar-refractivity contribution is 0.124. The van der Waals surface area contributed by atoms with Crippen LogP contribution in [0.25, 0.3) is 10.4 Å². The molecule has 0 aromatic heterocycles. The van der Waals surface area contributed by atoms with Gasteiger partial charge in [-0.05, 0) is 52.3 Å². The molecule has 1 aliphatic heterocycles. The van der Waals surface area contributed by atoms with E-state index in [1.54, 1.807) is 0 Å². The van der Waals surface area contributed by atoms with Crippen LogP contribution in [0.15, 0.2) is 17.2 Å². The van der Waals surface area contributed by atoms with Crippen molar-refractivity contribution in [2.24, 2.45) is 5.11 Å². The average molecular weight is 354 g/mol. The van der Waals surface area contributed by atoms with Crippen LogP contribution in [0.3, 0.4) is 0 Å². The van der Waals surface area contributed by atoms with E-state index in [-0.39, 0.29) is 18.4 Å². The maximum Gasteiger partial charge on any atom is 0.136 e. The van der Waals surface area contributed by atoms with Crippen LogP contribution in [0.2, 0.25) is 0 Å². The molecule has 0 saturated carbocycles. The second kappa shape index (κ2) is 6.80. The van der Waals surface area contributed by atoms with Crippen molar-refractivity contribution in [2.45, 2.75) is 57.4 Å². The molecule has 0 aliphatic carbocycles. The molecule has 3 atom stereocenters. The van der Waals surface area contributed by atoms with E-state index in [9.17, 15) is 8.94 Å². The van der Waals surface area contributed by atoms with Gasteiger partial charge in [0.25, 0.3) is 0 Å². The summed E-state index contributed by atoms with van der Waals surface area (Å²) in [6, 6.07) is 2.49. The zero-order chi connectivity index (χ0) is 18.1. The second-order valence-corrected chi connectivity index (χ2v) is 9.32. The second-order valence-electron chi connectivity index (χ2n) is 7.32. The topological polar surface area (TPSA) is 93.1 Å². The van der Waals surface area contributed by atoms with Crippen LogP contribution >= 0.6 is 0 Å². The highest BCUT2D eigenvalue weighted by atomic mass is 32.2. The third kappa shape index (κ3) is 4.13. The molecule has 2 rings (SSSR count). The first-order valence-corrected chi connectivity index (χ1v) is 8.91. The molecule has 6 nitrogen and oxygen atoms in total. The fraction of sp³-hybridized carbons (Fsp3) is 0.625. The van der Waals surface area contributed by atoms with E-state index in [4.69, 9.17) is 10.3 Å². The van der Waals surface area contributed by atoms with Gasteiger partial charge in [-0.3, -0.25) is 0 Å². The van der Waals surface area contributed by atoms with Crippen LogP contribution < -0.4 is 9.46 Å². The van der Waals surface area contributed by atoms with E-state index in [2.05, 4.69) is 14.7 Å². The summed E-state index contributed by atoms with van der Waals surface area (Å²) < 4.78 is 34.9. The zero-order valence-corrected chi connectivity index (χ0v) is 15.4. The first-order valence-electron chi connectivity index (χ1n) is 7.76. The Hall–Kier alpha value is -1.47. The maximum absolute atomic E-state index is 14.0. The Morgan fingerprint density at radius 3 is 2.79 bits per heavy atom. The van der Waals surface area contributed by atoms with Crippen molar-refractivity contribution in [1.29, 1.82) is 0 Å². The number of ether oxygens (including phenoxy) is 1. The minimum atomic E-state index is -1.29. The Labute approximate surface area is 144 Å². The molecule has 1 aliphatic rings. The van der Waals surface area contributed by atoms with E-state index in [0.717, 1.165) is 5.56 Å². The lowest BCUT2D eigenvalue weighted by atomic mass is 9.97. The summed E-state index contributed by atoms with van der Waals surface area (Å²) in [5, 5.41) is 3.58. The Morgan fingerprint density at radius 1 is 1.54 bits per heavy atom. The normalized spacial score (nSPS) is 22.3. The number of halogens is 1. The number of fused-ring (bicyclic) bond motifs is 1. The summed E-state index contributed by atoms with van der Waals surface area (Å²) >= 11 is -1.29. The van der Waals surface area contributed by atoms with Gasteiger partial charge in [0.15, 0.2) is 0 Å². The lowest BCUT2D eigenvalue weighted by Crippen LogP contribution is -2.40. The maximum atomic E-state index is 14.0. The van der Waals surface area contributed by atoms with E-state index in [0.29, 0.717) is 17.7 Å². The third-order valence-electron chi connectivity index (χ3n) is 3.85. The average Bonchev–Trinajstić information content (AvgIpc) is 2.79. The van der Waals surface area contributed by atoms with Crippen LogP contribution in [0.4, 0.5) is 4.39 Å². The number of benzene rings is 1. The van der Waals surface area contributed by atoms with Gasteiger partial charge in [0.2, 0.25) is 0 Å². The molecule has 132 valence electrons. The van der Waals surface area contributed by atoms with Gasteiger partial charge in [0, 0.05) is 33.8 Å². The highest BCUT2D eigenvalue weighted by Gasteiger charge is 2.38. The van der Waals surface area contributed by atoms with Crippen molar-refractivity contribution in [3.63, 3.8) is 0 Å². The molecule has 0 fully saturated rings. The van der Waals surface area contributed by atoms with Gasteiger partial charge in [-0.15, -0.1) is 4.72 Å². The monoisotopic (exact) mass is 354 g/mol. The molecule has 24 heavy (non-hydrogen) atoms. The number of azide groups is 1. The van der Waals surface area contributed by atoms with Crippen molar-refractivity contribution in [3.8, 4) is 5.75 Å². The Morgan fingerprint density at radius 2 is 2.21 bits per heavy atom. The SMILES string of the molecule is C[C@@H](N[S+]([O-])C(C)(C)C)c1cc(F)cc2c1OC(C)(CN=[N+]=[N-])C2. The molecular weight excluding hydrogens is 331 g/mol. The van der Waals surface area contributed by atoms with Gasteiger partial charge in [0.1, 0.15) is 21.9 Å². The first-order chi connectivity index (χ1) is 11.1. The van der Waals surface area contributed by atoms with Crippen molar-refractivity contribution >= 4 is 11.4 Å². The van der Waals surface area contributed by atoms with E-state index >= 15 is 0 Å². The molecule has 1 aromatic carbocycles. The summed E-state index contributed by atoms with van der Waals surface area (Å²) in [4.78, 5) is 2.77. The Kier molecular flexibility index (Phi) is 5.34. The molecule has 8 heteroatoms. The van der Waals surface area contributed by atoms with Crippen LogP contribution in [0, 0.1) is 5.82 Å². The van der Waals surface area contributed by atoms with Gasteiger partial charge >= 0.3 is 0 Å². The molecular formula is C16H23FN4O2S. The number of rotatable bonds is 5. The quantitative estimate of drug-likeness (QED) is 0.375. The molecule has 1 aromatic rings. The fourth-order valence-corrected chi connectivity index (χ4v) is 3.41. The smallest absolute Gasteiger partial charge is 0.136 e. The minimum Gasteiger partial charge on any atom is -0.598 e. The van der Waals surface area contributed by atoms with Gasteiger partial charge in [0.05, 0.1) is 12.6 Å². The van der Waals surface area contributed by atoms with Crippen LogP contribution in [-0.2, 0) is 17.8 Å². The zero-order valence-electron chi connectivity index (χ0n) is 14.6. The largest absolute Gasteiger partial charge is 0.598 e. The van der Waals surface area contributed by atoms with E-state index in [1.807, 2.05) is 34.6 Å².